The lowest BCUT2D eigenvalue weighted by Gasteiger charge is -2.11. The average molecular weight is 296 g/mol. The molecular weight excluding hydrogens is 280 g/mol. The summed E-state index contributed by atoms with van der Waals surface area (Å²) in [5.41, 5.74) is 7.09. The molecule has 1 atom stereocenters. The molecule has 2 aromatic carbocycles. The van der Waals surface area contributed by atoms with E-state index in [0.29, 0.717) is 24.3 Å². The number of carbonyl (C=O) groups excluding carboxylic acids is 2. The number of rotatable bonds is 4. The van der Waals surface area contributed by atoms with Crippen LogP contribution in [0.25, 0.3) is 0 Å². The van der Waals surface area contributed by atoms with Gasteiger partial charge in [-0.05, 0) is 18.2 Å². The highest BCUT2D eigenvalue weighted by Crippen LogP contribution is 2.35. The minimum absolute atomic E-state index is 0.0249. The normalized spacial score (nSPS) is 15.7. The number of carbonyl (C=O) groups is 2. The maximum absolute atomic E-state index is 12.2. The van der Waals surface area contributed by atoms with Crippen LogP contribution < -0.4 is 15.8 Å². The van der Waals surface area contributed by atoms with Crippen molar-refractivity contribution in [2.75, 3.05) is 11.9 Å². The second-order valence-electron chi connectivity index (χ2n) is 5.21. The maximum atomic E-state index is 12.2. The zero-order valence-corrected chi connectivity index (χ0v) is 11.9. The minimum Gasteiger partial charge on any atom is -0.493 e. The van der Waals surface area contributed by atoms with Crippen molar-refractivity contribution in [1.29, 1.82) is 0 Å². The number of nitrogens with two attached hydrogens (primary N) is 1. The van der Waals surface area contributed by atoms with Crippen molar-refractivity contribution >= 4 is 17.5 Å². The lowest BCUT2D eigenvalue weighted by atomic mass is 9.97. The van der Waals surface area contributed by atoms with Crippen molar-refractivity contribution in [3.05, 3.63) is 59.7 Å². The number of amides is 2. The van der Waals surface area contributed by atoms with E-state index in [2.05, 4.69) is 5.32 Å². The van der Waals surface area contributed by atoms with Gasteiger partial charge in [0.1, 0.15) is 5.75 Å². The Morgan fingerprint density at radius 2 is 1.86 bits per heavy atom. The van der Waals surface area contributed by atoms with Gasteiger partial charge in [0.2, 0.25) is 5.91 Å². The van der Waals surface area contributed by atoms with Crippen LogP contribution >= 0.6 is 0 Å². The Labute approximate surface area is 128 Å². The SMILES string of the molecule is NC(=O)c1ccccc1NC(=O)CC1COc2ccccc21. The van der Waals surface area contributed by atoms with Gasteiger partial charge in [0, 0.05) is 17.9 Å². The van der Waals surface area contributed by atoms with Gasteiger partial charge in [0.05, 0.1) is 17.9 Å². The number of hydrogen-bond donors (Lipinski definition) is 2. The zero-order valence-electron chi connectivity index (χ0n) is 11.9. The summed E-state index contributed by atoms with van der Waals surface area (Å²) in [4.78, 5) is 23.6. The topological polar surface area (TPSA) is 81.4 Å². The summed E-state index contributed by atoms with van der Waals surface area (Å²) >= 11 is 0. The highest BCUT2D eigenvalue weighted by Gasteiger charge is 2.26. The van der Waals surface area contributed by atoms with Crippen molar-refractivity contribution in [1.82, 2.24) is 0 Å². The molecule has 2 amide bonds. The van der Waals surface area contributed by atoms with Crippen LogP contribution in [0.4, 0.5) is 5.69 Å². The number of anilines is 1. The molecular formula is C17H16N2O3. The molecule has 0 spiro atoms. The molecule has 0 radical (unpaired) electrons. The molecule has 2 aromatic rings. The first-order valence-electron chi connectivity index (χ1n) is 7.05. The van der Waals surface area contributed by atoms with Crippen LogP contribution in [0.15, 0.2) is 48.5 Å². The van der Waals surface area contributed by atoms with Crippen LogP contribution in [0.1, 0.15) is 28.3 Å². The predicted octanol–water partition coefficient (Wildman–Crippen LogP) is 2.29. The number of nitrogens with one attached hydrogen (secondary N) is 1. The molecule has 1 aliphatic heterocycles. The minimum atomic E-state index is -0.564. The largest absolute Gasteiger partial charge is 0.493 e. The molecule has 0 saturated carbocycles. The second-order valence-corrected chi connectivity index (χ2v) is 5.21. The molecule has 3 N–H and O–H groups in total. The van der Waals surface area contributed by atoms with E-state index in [1.165, 1.54) is 0 Å². The van der Waals surface area contributed by atoms with Crippen molar-refractivity contribution in [2.45, 2.75) is 12.3 Å². The van der Waals surface area contributed by atoms with Gasteiger partial charge in [-0.1, -0.05) is 30.3 Å². The summed E-state index contributed by atoms with van der Waals surface area (Å²) in [7, 11) is 0. The summed E-state index contributed by atoms with van der Waals surface area (Å²) in [6.45, 7) is 0.490. The third-order valence-corrected chi connectivity index (χ3v) is 3.70. The summed E-state index contributed by atoms with van der Waals surface area (Å²) in [6, 6.07) is 14.4. The van der Waals surface area contributed by atoms with Gasteiger partial charge in [0.25, 0.3) is 5.91 Å². The maximum Gasteiger partial charge on any atom is 0.250 e. The van der Waals surface area contributed by atoms with Crippen molar-refractivity contribution in [3.8, 4) is 5.75 Å². The number of benzene rings is 2. The molecule has 0 saturated heterocycles. The van der Waals surface area contributed by atoms with Gasteiger partial charge in [-0.15, -0.1) is 0 Å². The Morgan fingerprint density at radius 3 is 2.68 bits per heavy atom. The van der Waals surface area contributed by atoms with E-state index in [4.69, 9.17) is 10.5 Å². The number of hydrogen-bond acceptors (Lipinski definition) is 3. The van der Waals surface area contributed by atoms with Crippen LogP contribution in [-0.4, -0.2) is 18.4 Å². The fraction of sp³-hybridized carbons (Fsp3) is 0.176. The standard InChI is InChI=1S/C17H16N2O3/c18-17(21)13-6-1-3-7-14(13)19-16(20)9-11-10-22-15-8-4-2-5-12(11)15/h1-8,11H,9-10H2,(H2,18,21)(H,19,20). The van der Waals surface area contributed by atoms with Gasteiger partial charge in [-0.25, -0.2) is 0 Å². The molecule has 5 nitrogen and oxygen atoms in total. The Morgan fingerprint density at radius 1 is 1.14 bits per heavy atom. The lowest BCUT2D eigenvalue weighted by Crippen LogP contribution is -2.20. The number of para-hydroxylation sites is 2. The number of ether oxygens (including phenoxy) is 1. The molecule has 0 aliphatic carbocycles. The zero-order chi connectivity index (χ0) is 15.5. The molecule has 1 heterocycles. The van der Waals surface area contributed by atoms with Crippen LogP contribution in [0, 0.1) is 0 Å². The van der Waals surface area contributed by atoms with E-state index in [9.17, 15) is 9.59 Å². The Bertz CT molecular complexity index is 727. The van der Waals surface area contributed by atoms with E-state index in [0.717, 1.165) is 11.3 Å². The fourth-order valence-electron chi connectivity index (χ4n) is 2.63. The molecule has 22 heavy (non-hydrogen) atoms. The Hall–Kier alpha value is -2.82. The Balaban J connectivity index is 1.71. The van der Waals surface area contributed by atoms with Crippen molar-refractivity contribution in [3.63, 3.8) is 0 Å². The molecule has 1 aliphatic rings. The van der Waals surface area contributed by atoms with E-state index >= 15 is 0 Å². The first kappa shape index (κ1) is 14.1. The summed E-state index contributed by atoms with van der Waals surface area (Å²) in [5, 5.41) is 2.75. The highest BCUT2D eigenvalue weighted by molar-refractivity contribution is 6.03. The van der Waals surface area contributed by atoms with Crippen LogP contribution in [-0.2, 0) is 4.79 Å². The van der Waals surface area contributed by atoms with Crippen LogP contribution in [0.3, 0.4) is 0 Å². The van der Waals surface area contributed by atoms with Gasteiger partial charge < -0.3 is 15.8 Å². The summed E-state index contributed by atoms with van der Waals surface area (Å²) < 4.78 is 5.57. The van der Waals surface area contributed by atoms with Crippen LogP contribution in [0.5, 0.6) is 5.75 Å². The molecule has 3 rings (SSSR count). The van der Waals surface area contributed by atoms with Gasteiger partial charge >= 0.3 is 0 Å². The molecule has 1 unspecified atom stereocenters. The number of primary amides is 1. The van der Waals surface area contributed by atoms with Crippen LogP contribution in [0.2, 0.25) is 0 Å². The first-order valence-corrected chi connectivity index (χ1v) is 7.05. The second kappa shape index (κ2) is 5.89. The predicted molar refractivity (Wildman–Crippen MR) is 82.9 cm³/mol. The van der Waals surface area contributed by atoms with Gasteiger partial charge in [-0.3, -0.25) is 9.59 Å². The molecule has 112 valence electrons. The molecule has 5 heteroatoms. The third kappa shape index (κ3) is 2.79. The van der Waals surface area contributed by atoms with Crippen molar-refractivity contribution < 1.29 is 14.3 Å². The Kier molecular flexibility index (Phi) is 3.78. The molecule has 0 aromatic heterocycles. The van der Waals surface area contributed by atoms with E-state index < -0.39 is 5.91 Å². The number of fused-ring (bicyclic) bond motifs is 1. The summed E-state index contributed by atoms with van der Waals surface area (Å²) in [5.74, 6) is 0.124. The van der Waals surface area contributed by atoms with Crippen molar-refractivity contribution in [2.24, 2.45) is 5.73 Å². The molecule has 0 fully saturated rings. The summed E-state index contributed by atoms with van der Waals surface area (Å²) in [6.07, 6.45) is 0.296. The first-order chi connectivity index (χ1) is 10.6. The third-order valence-electron chi connectivity index (χ3n) is 3.70. The van der Waals surface area contributed by atoms with Gasteiger partial charge in [-0.2, -0.15) is 0 Å². The quantitative estimate of drug-likeness (QED) is 0.908. The lowest BCUT2D eigenvalue weighted by molar-refractivity contribution is -0.116. The highest BCUT2D eigenvalue weighted by atomic mass is 16.5. The fourth-order valence-corrected chi connectivity index (χ4v) is 2.63. The average Bonchev–Trinajstić information content (AvgIpc) is 2.91. The molecule has 0 bridgehead atoms. The van der Waals surface area contributed by atoms with E-state index in [1.807, 2.05) is 24.3 Å². The van der Waals surface area contributed by atoms with Gasteiger partial charge in [0.15, 0.2) is 0 Å². The smallest absolute Gasteiger partial charge is 0.250 e. The monoisotopic (exact) mass is 296 g/mol. The van der Waals surface area contributed by atoms with E-state index in [-0.39, 0.29) is 11.8 Å². The van der Waals surface area contributed by atoms with E-state index in [1.54, 1.807) is 24.3 Å².